The molecule has 10 nitrogen and oxygen atoms in total. The van der Waals surface area contributed by atoms with E-state index in [0.717, 1.165) is 72.7 Å². The maximum atomic E-state index is 13.5. The fourth-order valence-electron chi connectivity index (χ4n) is 10.1. The van der Waals surface area contributed by atoms with Crippen molar-refractivity contribution < 1.29 is 47.8 Å². The number of aliphatic hydroxyl groups is 1. The number of aliphatic hydroxyl groups excluding tert-OH is 1. The first-order chi connectivity index (χ1) is 41.2. The van der Waals surface area contributed by atoms with Gasteiger partial charge < -0.3 is 43.0 Å². The van der Waals surface area contributed by atoms with Gasteiger partial charge in [-0.2, -0.15) is 0 Å². The van der Waals surface area contributed by atoms with Crippen LogP contribution in [0.25, 0.3) is 0 Å². The largest absolute Gasteiger partial charge is 0.488 e. The van der Waals surface area contributed by atoms with Crippen molar-refractivity contribution in [2.24, 2.45) is 0 Å². The van der Waals surface area contributed by atoms with Gasteiger partial charge in [0.15, 0.2) is 34.9 Å². The van der Waals surface area contributed by atoms with Gasteiger partial charge in [-0.3, -0.25) is 4.79 Å². The van der Waals surface area contributed by atoms with E-state index < -0.39 is 18.3 Å². The molecular formula is C74H66O10. The molecule has 0 saturated heterocycles. The Morgan fingerprint density at radius 2 is 0.702 bits per heavy atom. The van der Waals surface area contributed by atoms with Crippen LogP contribution in [0.4, 0.5) is 0 Å². The van der Waals surface area contributed by atoms with Crippen LogP contribution in [0.15, 0.2) is 243 Å². The van der Waals surface area contributed by atoms with E-state index in [2.05, 4.69) is 0 Å². The Morgan fingerprint density at radius 3 is 1.11 bits per heavy atom. The van der Waals surface area contributed by atoms with Crippen LogP contribution in [0.2, 0.25) is 0 Å². The minimum absolute atomic E-state index is 0.0390. The summed E-state index contributed by atoms with van der Waals surface area (Å²) < 4.78 is 50.1. The van der Waals surface area contributed by atoms with Gasteiger partial charge in [0.2, 0.25) is 0 Å². The Kier molecular flexibility index (Phi) is 18.3. The lowest BCUT2D eigenvalue weighted by Crippen LogP contribution is -2.30. The molecule has 3 atom stereocenters. The normalized spacial score (nSPS) is 14.9. The molecule has 0 saturated carbocycles. The number of fused-ring (bicyclic) bond motifs is 2. The summed E-state index contributed by atoms with van der Waals surface area (Å²) in [6, 6.07) is 79.3. The van der Waals surface area contributed by atoms with Crippen LogP contribution in [0, 0.1) is 13.8 Å². The molecule has 10 aromatic rings. The second-order valence-corrected chi connectivity index (χ2v) is 21.0. The SMILES string of the molecule is Cc1cc(OCc2ccccc2)c2c(c1)O[C@H](c1ccc(OCc3ccccc3)c(OCc3ccccc3)c1)C(=O)C2.Cc1cc(OCc2ccccc2)c2c(c1)O[C@H](c1ccc(OCc3ccccc3)c(OCc3ccccc3)c1)[C@@H](O)C2. The van der Waals surface area contributed by atoms with E-state index in [1.807, 2.05) is 257 Å². The number of hydrogen-bond donors (Lipinski definition) is 1. The van der Waals surface area contributed by atoms with Crippen molar-refractivity contribution in [3.05, 3.63) is 309 Å². The highest BCUT2D eigenvalue weighted by Crippen LogP contribution is 2.44. The van der Waals surface area contributed by atoms with Gasteiger partial charge in [0.25, 0.3) is 0 Å². The lowest BCUT2D eigenvalue weighted by Gasteiger charge is -2.32. The lowest BCUT2D eigenvalue weighted by atomic mass is 9.93. The summed E-state index contributed by atoms with van der Waals surface area (Å²) in [5.41, 5.74) is 11.6. The first kappa shape index (κ1) is 56.1. The van der Waals surface area contributed by atoms with Gasteiger partial charge in [-0.15, -0.1) is 0 Å². The molecule has 0 unspecified atom stereocenters. The van der Waals surface area contributed by atoms with E-state index in [9.17, 15) is 9.90 Å². The van der Waals surface area contributed by atoms with Crippen LogP contribution >= 0.6 is 0 Å². The predicted octanol–water partition coefficient (Wildman–Crippen LogP) is 15.7. The minimum atomic E-state index is -0.766. The monoisotopic (exact) mass is 1110 g/mol. The van der Waals surface area contributed by atoms with E-state index in [-0.39, 0.29) is 12.2 Å². The Bertz CT molecular complexity index is 3750. The average molecular weight is 1120 g/mol. The number of hydrogen-bond acceptors (Lipinski definition) is 10. The zero-order chi connectivity index (χ0) is 57.5. The molecule has 0 aromatic heterocycles. The van der Waals surface area contributed by atoms with Crippen LogP contribution in [0.3, 0.4) is 0 Å². The maximum absolute atomic E-state index is 13.5. The molecule has 422 valence electrons. The van der Waals surface area contributed by atoms with E-state index in [4.69, 9.17) is 37.9 Å². The van der Waals surface area contributed by atoms with Crippen molar-refractivity contribution in [1.29, 1.82) is 0 Å². The number of rotatable bonds is 20. The molecule has 10 heteroatoms. The highest BCUT2D eigenvalue weighted by Gasteiger charge is 2.34. The fourth-order valence-corrected chi connectivity index (χ4v) is 10.1. The second-order valence-electron chi connectivity index (χ2n) is 21.0. The zero-order valence-corrected chi connectivity index (χ0v) is 47.1. The number of carbonyl (C=O) groups excluding carboxylic acids is 1. The van der Waals surface area contributed by atoms with Crippen molar-refractivity contribution in [2.75, 3.05) is 0 Å². The van der Waals surface area contributed by atoms with Crippen molar-refractivity contribution in [3.63, 3.8) is 0 Å². The highest BCUT2D eigenvalue weighted by molar-refractivity contribution is 5.89. The van der Waals surface area contributed by atoms with E-state index in [1.165, 1.54) is 0 Å². The Balaban J connectivity index is 0.000000175. The summed E-state index contributed by atoms with van der Waals surface area (Å²) in [7, 11) is 0. The Hall–Kier alpha value is -9.77. The molecule has 10 aromatic carbocycles. The molecule has 0 fully saturated rings. The van der Waals surface area contributed by atoms with Gasteiger partial charge in [-0.25, -0.2) is 0 Å². The number of Topliss-reactive ketones (excluding diaryl/α,β-unsaturated/α-hetero) is 1. The summed E-state index contributed by atoms with van der Waals surface area (Å²) >= 11 is 0. The summed E-state index contributed by atoms with van der Waals surface area (Å²) in [6.07, 6.45) is -1.46. The fraction of sp³-hybridized carbons (Fsp3) is 0.176. The third-order valence-electron chi connectivity index (χ3n) is 14.5. The number of benzene rings is 10. The van der Waals surface area contributed by atoms with Gasteiger partial charge >= 0.3 is 0 Å². The molecule has 0 aliphatic carbocycles. The van der Waals surface area contributed by atoms with Crippen LogP contribution in [0.5, 0.6) is 46.0 Å². The van der Waals surface area contributed by atoms with Crippen LogP contribution < -0.4 is 37.9 Å². The van der Waals surface area contributed by atoms with E-state index in [0.29, 0.717) is 86.1 Å². The van der Waals surface area contributed by atoms with Gasteiger partial charge in [-0.1, -0.05) is 194 Å². The lowest BCUT2D eigenvalue weighted by molar-refractivity contribution is -0.126. The smallest absolute Gasteiger partial charge is 0.182 e. The first-order valence-electron chi connectivity index (χ1n) is 28.3. The molecule has 0 spiro atoms. The van der Waals surface area contributed by atoms with Gasteiger partial charge in [0.1, 0.15) is 68.7 Å². The summed E-state index contributed by atoms with van der Waals surface area (Å²) in [4.78, 5) is 13.5. The number of ketones is 1. The van der Waals surface area contributed by atoms with Crippen molar-refractivity contribution in [1.82, 2.24) is 0 Å². The number of ether oxygens (including phenoxy) is 8. The van der Waals surface area contributed by atoms with Gasteiger partial charge in [0.05, 0.1) is 6.10 Å². The summed E-state index contributed by atoms with van der Waals surface area (Å²) in [5, 5.41) is 11.3. The molecular weight excluding hydrogens is 1050 g/mol. The molecule has 0 bridgehead atoms. The maximum Gasteiger partial charge on any atom is 0.182 e. The molecule has 2 aliphatic heterocycles. The highest BCUT2D eigenvalue weighted by atomic mass is 16.5. The number of carbonyl (C=O) groups is 1. The molecule has 2 heterocycles. The zero-order valence-electron chi connectivity index (χ0n) is 47.1. The second kappa shape index (κ2) is 27.3. The van der Waals surface area contributed by atoms with Crippen molar-refractivity contribution >= 4 is 5.78 Å². The third-order valence-corrected chi connectivity index (χ3v) is 14.5. The molecule has 2 aliphatic rings. The predicted molar refractivity (Wildman–Crippen MR) is 325 cm³/mol. The molecule has 1 N–H and O–H groups in total. The summed E-state index contributed by atoms with van der Waals surface area (Å²) in [5.74, 6) is 5.17. The van der Waals surface area contributed by atoms with Crippen LogP contribution in [0.1, 0.15) is 79.0 Å². The van der Waals surface area contributed by atoms with Gasteiger partial charge in [-0.05, 0) is 112 Å². The van der Waals surface area contributed by atoms with E-state index >= 15 is 0 Å². The molecule has 0 amide bonds. The minimum Gasteiger partial charge on any atom is -0.488 e. The molecule has 0 radical (unpaired) electrons. The summed E-state index contributed by atoms with van der Waals surface area (Å²) in [6.45, 7) is 6.47. The topological polar surface area (TPSA) is 111 Å². The molecule has 84 heavy (non-hydrogen) atoms. The average Bonchev–Trinajstić information content (AvgIpc) is 2.99. The first-order valence-corrected chi connectivity index (χ1v) is 28.3. The van der Waals surface area contributed by atoms with Gasteiger partial charge in [0, 0.05) is 29.5 Å². The van der Waals surface area contributed by atoms with Crippen molar-refractivity contribution in [3.8, 4) is 46.0 Å². The number of aryl methyl sites for hydroxylation is 2. The Morgan fingerprint density at radius 1 is 0.369 bits per heavy atom. The standard InChI is InChI=1S/C37H34O5.C37H32O5/c2*1-26-19-34(40-24-28-13-7-3-8-14-28)31-22-32(38)37(42-35(31)20-26)30-17-18-33(39-23-27-11-5-2-6-12-27)36(21-30)41-25-29-15-9-4-10-16-29/h2-21,32,37-38H,22-25H2,1H3;2-21,37H,22-25H2,1H3/t32-,37+;37-/m01/s1. The van der Waals surface area contributed by atoms with E-state index in [1.54, 1.807) is 0 Å². The van der Waals surface area contributed by atoms with Crippen LogP contribution in [-0.4, -0.2) is 17.0 Å². The third kappa shape index (κ3) is 14.6. The van der Waals surface area contributed by atoms with Crippen molar-refractivity contribution in [2.45, 2.75) is 84.6 Å². The molecule has 12 rings (SSSR count). The Labute approximate surface area is 491 Å². The van der Waals surface area contributed by atoms with Crippen LogP contribution in [-0.2, 0) is 57.3 Å². The quantitative estimate of drug-likeness (QED) is 0.0792.